The number of hydrogen-bond donors (Lipinski definition) is 0. The van der Waals surface area contributed by atoms with Gasteiger partial charge >= 0.3 is 5.69 Å². The van der Waals surface area contributed by atoms with E-state index in [9.17, 15) is 22.9 Å². The molecule has 1 aromatic carbocycles. The van der Waals surface area contributed by atoms with E-state index in [0.29, 0.717) is 0 Å². The van der Waals surface area contributed by atoms with Crippen molar-refractivity contribution in [2.45, 2.75) is 38.6 Å². The quantitative estimate of drug-likeness (QED) is 0.618. The smallest absolute Gasteiger partial charge is 0.258 e. The SMILES string of the molecule is CCN(C(C)C)S(=O)(=O)c1cc(C)c(F)c([N+](=O)[O-])c1. The summed E-state index contributed by atoms with van der Waals surface area (Å²) in [7, 11) is -3.88. The van der Waals surface area contributed by atoms with Gasteiger partial charge in [0.05, 0.1) is 9.82 Å². The Labute approximate surface area is 117 Å². The van der Waals surface area contributed by atoms with Gasteiger partial charge in [-0.25, -0.2) is 8.42 Å². The molecule has 6 nitrogen and oxygen atoms in total. The van der Waals surface area contributed by atoms with Crippen molar-refractivity contribution in [2.24, 2.45) is 0 Å². The third kappa shape index (κ3) is 2.96. The van der Waals surface area contributed by atoms with Crippen LogP contribution < -0.4 is 0 Å². The van der Waals surface area contributed by atoms with Gasteiger partial charge in [0.15, 0.2) is 0 Å². The van der Waals surface area contributed by atoms with E-state index in [1.807, 2.05) is 0 Å². The van der Waals surface area contributed by atoms with E-state index in [2.05, 4.69) is 0 Å². The summed E-state index contributed by atoms with van der Waals surface area (Å²) in [6.07, 6.45) is 0. The van der Waals surface area contributed by atoms with E-state index in [1.54, 1.807) is 20.8 Å². The minimum Gasteiger partial charge on any atom is -0.258 e. The maximum atomic E-state index is 13.6. The van der Waals surface area contributed by atoms with Gasteiger partial charge in [-0.2, -0.15) is 8.70 Å². The first-order valence-electron chi connectivity index (χ1n) is 6.09. The van der Waals surface area contributed by atoms with Gasteiger partial charge in [-0.15, -0.1) is 0 Å². The maximum Gasteiger partial charge on any atom is 0.306 e. The van der Waals surface area contributed by atoms with Gasteiger partial charge in [0.25, 0.3) is 0 Å². The molecule has 0 atom stereocenters. The minimum atomic E-state index is -3.88. The predicted molar refractivity (Wildman–Crippen MR) is 72.5 cm³/mol. The summed E-state index contributed by atoms with van der Waals surface area (Å²) in [4.78, 5) is 9.59. The normalized spacial score (nSPS) is 12.2. The van der Waals surface area contributed by atoms with Crippen LogP contribution in [0.2, 0.25) is 0 Å². The fraction of sp³-hybridized carbons (Fsp3) is 0.500. The van der Waals surface area contributed by atoms with Gasteiger partial charge in [-0.3, -0.25) is 10.1 Å². The van der Waals surface area contributed by atoms with Gasteiger partial charge in [0, 0.05) is 18.7 Å². The zero-order valence-corrected chi connectivity index (χ0v) is 12.6. The first kappa shape index (κ1) is 16.5. The molecule has 0 fully saturated rings. The third-order valence-electron chi connectivity index (χ3n) is 2.90. The molecule has 0 unspecified atom stereocenters. The first-order chi connectivity index (χ1) is 9.12. The standard InChI is InChI=1S/C12H17FN2O4S/c1-5-14(8(2)3)20(18,19)10-6-9(4)12(13)11(7-10)15(16)17/h6-8H,5H2,1-4H3. The minimum absolute atomic E-state index is 0.0717. The van der Waals surface area contributed by atoms with Crippen LogP contribution in [0.3, 0.4) is 0 Å². The molecule has 1 aromatic rings. The average Bonchev–Trinajstić information content (AvgIpc) is 2.31. The molecule has 0 spiro atoms. The number of aryl methyl sites for hydroxylation is 1. The number of nitrogens with zero attached hydrogens (tertiary/aromatic N) is 2. The average molecular weight is 304 g/mol. The molecule has 0 N–H and O–H groups in total. The second kappa shape index (κ2) is 5.84. The number of halogens is 1. The second-order valence-electron chi connectivity index (χ2n) is 4.63. The van der Waals surface area contributed by atoms with Gasteiger partial charge < -0.3 is 0 Å². The van der Waals surface area contributed by atoms with E-state index >= 15 is 0 Å². The highest BCUT2D eigenvalue weighted by molar-refractivity contribution is 7.89. The summed E-state index contributed by atoms with van der Waals surface area (Å²) >= 11 is 0. The zero-order chi connectivity index (χ0) is 15.7. The Morgan fingerprint density at radius 2 is 1.95 bits per heavy atom. The summed E-state index contributed by atoms with van der Waals surface area (Å²) in [5.41, 5.74) is -0.902. The lowest BCUT2D eigenvalue weighted by atomic mass is 10.2. The fourth-order valence-electron chi connectivity index (χ4n) is 1.95. The van der Waals surface area contributed by atoms with Crippen molar-refractivity contribution < 1.29 is 17.7 Å². The van der Waals surface area contributed by atoms with Crippen LogP contribution in [0, 0.1) is 22.9 Å². The van der Waals surface area contributed by atoms with Crippen LogP contribution >= 0.6 is 0 Å². The van der Waals surface area contributed by atoms with Crippen molar-refractivity contribution in [3.05, 3.63) is 33.6 Å². The molecular formula is C12H17FN2O4S. The first-order valence-corrected chi connectivity index (χ1v) is 7.53. The van der Waals surface area contributed by atoms with Crippen LogP contribution in [0.4, 0.5) is 10.1 Å². The highest BCUT2D eigenvalue weighted by Crippen LogP contribution is 2.27. The number of sulfonamides is 1. The molecule has 20 heavy (non-hydrogen) atoms. The van der Waals surface area contributed by atoms with Crippen molar-refractivity contribution in [3.8, 4) is 0 Å². The van der Waals surface area contributed by atoms with Gasteiger partial charge in [-0.05, 0) is 32.4 Å². The summed E-state index contributed by atoms with van der Waals surface area (Å²) < 4.78 is 39.7. The Kier molecular flexibility index (Phi) is 4.82. The largest absolute Gasteiger partial charge is 0.306 e. The number of benzene rings is 1. The topological polar surface area (TPSA) is 80.5 Å². The molecule has 8 heteroatoms. The highest BCUT2D eigenvalue weighted by Gasteiger charge is 2.29. The Bertz CT molecular complexity index is 629. The van der Waals surface area contributed by atoms with Gasteiger partial charge in [0.1, 0.15) is 0 Å². The Hall–Kier alpha value is -1.54. The van der Waals surface area contributed by atoms with E-state index < -0.39 is 26.5 Å². The number of hydrogen-bond acceptors (Lipinski definition) is 4. The molecule has 112 valence electrons. The highest BCUT2D eigenvalue weighted by atomic mass is 32.2. The van der Waals surface area contributed by atoms with Crippen LogP contribution in [0.5, 0.6) is 0 Å². The fourth-order valence-corrected chi connectivity index (χ4v) is 3.70. The van der Waals surface area contributed by atoms with Crippen molar-refractivity contribution in [2.75, 3.05) is 6.54 Å². The molecule has 0 aliphatic carbocycles. The molecule has 0 saturated heterocycles. The van der Waals surface area contributed by atoms with Crippen molar-refractivity contribution >= 4 is 15.7 Å². The van der Waals surface area contributed by atoms with E-state index in [-0.39, 0.29) is 23.0 Å². The molecule has 0 amide bonds. The molecule has 0 saturated carbocycles. The lowest BCUT2D eigenvalue weighted by Gasteiger charge is -2.24. The van der Waals surface area contributed by atoms with Crippen LogP contribution in [0.25, 0.3) is 0 Å². The summed E-state index contributed by atoms with van der Waals surface area (Å²) in [6.45, 7) is 6.59. The second-order valence-corrected chi connectivity index (χ2v) is 6.52. The number of rotatable bonds is 5. The lowest BCUT2D eigenvalue weighted by Crippen LogP contribution is -2.36. The van der Waals surface area contributed by atoms with E-state index in [0.717, 1.165) is 12.1 Å². The Morgan fingerprint density at radius 1 is 1.40 bits per heavy atom. The number of nitro benzene ring substituents is 1. The molecule has 0 bridgehead atoms. The Balaban J connectivity index is 3.51. The van der Waals surface area contributed by atoms with E-state index in [1.165, 1.54) is 11.2 Å². The molecular weight excluding hydrogens is 287 g/mol. The third-order valence-corrected chi connectivity index (χ3v) is 5.03. The molecule has 0 aromatic heterocycles. The van der Waals surface area contributed by atoms with Crippen molar-refractivity contribution in [1.29, 1.82) is 0 Å². The molecule has 0 aliphatic rings. The van der Waals surface area contributed by atoms with Crippen LogP contribution in [0.1, 0.15) is 26.3 Å². The molecule has 0 heterocycles. The predicted octanol–water partition coefficient (Wildman–Crippen LogP) is 2.46. The summed E-state index contributed by atoms with van der Waals surface area (Å²) in [5.74, 6) is -1.01. The molecule has 1 rings (SSSR count). The van der Waals surface area contributed by atoms with Crippen LogP contribution in [-0.2, 0) is 10.0 Å². The lowest BCUT2D eigenvalue weighted by molar-refractivity contribution is -0.387. The molecule has 0 radical (unpaired) electrons. The summed E-state index contributed by atoms with van der Waals surface area (Å²) in [5, 5.41) is 10.8. The van der Waals surface area contributed by atoms with Crippen LogP contribution in [0.15, 0.2) is 17.0 Å². The van der Waals surface area contributed by atoms with Crippen molar-refractivity contribution in [1.82, 2.24) is 4.31 Å². The van der Waals surface area contributed by atoms with Crippen LogP contribution in [-0.4, -0.2) is 30.2 Å². The monoisotopic (exact) mass is 304 g/mol. The number of nitro groups is 1. The molecule has 0 aliphatic heterocycles. The van der Waals surface area contributed by atoms with Gasteiger partial charge in [-0.1, -0.05) is 6.92 Å². The maximum absolute atomic E-state index is 13.6. The van der Waals surface area contributed by atoms with Crippen molar-refractivity contribution in [3.63, 3.8) is 0 Å². The van der Waals surface area contributed by atoms with Gasteiger partial charge in [0.2, 0.25) is 15.8 Å². The summed E-state index contributed by atoms with van der Waals surface area (Å²) in [6, 6.07) is 1.58. The Morgan fingerprint density at radius 3 is 2.35 bits per heavy atom. The van der Waals surface area contributed by atoms with E-state index in [4.69, 9.17) is 0 Å². The zero-order valence-electron chi connectivity index (χ0n) is 11.8.